The van der Waals surface area contributed by atoms with E-state index in [0.29, 0.717) is 6.07 Å². The molecule has 0 radical (unpaired) electrons. The van der Waals surface area contributed by atoms with Gasteiger partial charge in [0.2, 0.25) is 0 Å². The first-order valence-corrected chi connectivity index (χ1v) is 6.49. The Balaban J connectivity index is 3.07. The quantitative estimate of drug-likeness (QED) is 0.377. The van der Waals surface area contributed by atoms with Crippen LogP contribution >= 0.6 is 15.9 Å². The van der Waals surface area contributed by atoms with Gasteiger partial charge in [-0.2, -0.15) is 18.3 Å². The summed E-state index contributed by atoms with van der Waals surface area (Å²) in [7, 11) is 0. The van der Waals surface area contributed by atoms with E-state index in [2.05, 4.69) is 31.2 Å². The number of anilines is 1. The minimum absolute atomic E-state index is 0.0164. The first-order valence-electron chi connectivity index (χ1n) is 5.70. The second-order valence-electron chi connectivity index (χ2n) is 3.84. The van der Waals surface area contributed by atoms with E-state index in [0.717, 1.165) is 6.07 Å². The first-order chi connectivity index (χ1) is 9.66. The lowest BCUT2D eigenvalue weighted by Gasteiger charge is -2.12. The van der Waals surface area contributed by atoms with Crippen LogP contribution in [0.1, 0.15) is 19.4 Å². The van der Waals surface area contributed by atoms with Crippen LogP contribution in [0.25, 0.3) is 0 Å². The second-order valence-corrected chi connectivity index (χ2v) is 4.76. The number of hydrogen-bond acceptors (Lipinski definition) is 4. The smallest absolute Gasteiger partial charge is 0.419 e. The van der Waals surface area contributed by atoms with Crippen molar-refractivity contribution in [3.05, 3.63) is 28.0 Å². The van der Waals surface area contributed by atoms with Gasteiger partial charge in [-0.3, -0.25) is 5.43 Å². The monoisotopic (exact) mass is 370 g/mol. The van der Waals surface area contributed by atoms with Crippen LogP contribution in [0.15, 0.2) is 21.7 Å². The van der Waals surface area contributed by atoms with Crippen LogP contribution < -0.4 is 5.43 Å². The molecular formula is C12H11BrF4N2O2. The van der Waals surface area contributed by atoms with Crippen LogP contribution in [0.4, 0.5) is 23.2 Å². The maximum atomic E-state index is 13.8. The van der Waals surface area contributed by atoms with E-state index in [4.69, 9.17) is 0 Å². The van der Waals surface area contributed by atoms with E-state index in [9.17, 15) is 22.4 Å². The SMILES string of the molecule is CCOC(=O)C(C)=NNc1cc(Br)cc(C(F)(F)F)c1F. The van der Waals surface area contributed by atoms with Gasteiger partial charge in [0.15, 0.2) is 5.82 Å². The number of nitrogens with one attached hydrogen (secondary N) is 1. The van der Waals surface area contributed by atoms with E-state index in [1.807, 2.05) is 0 Å². The summed E-state index contributed by atoms with van der Waals surface area (Å²) in [6.45, 7) is 2.99. The van der Waals surface area contributed by atoms with Crippen molar-refractivity contribution in [3.63, 3.8) is 0 Å². The third-order valence-electron chi connectivity index (χ3n) is 2.26. The average Bonchev–Trinajstić information content (AvgIpc) is 2.37. The molecule has 0 bridgehead atoms. The summed E-state index contributed by atoms with van der Waals surface area (Å²) in [6.07, 6.45) is -4.84. The van der Waals surface area contributed by atoms with E-state index < -0.39 is 29.2 Å². The van der Waals surface area contributed by atoms with Crippen molar-refractivity contribution in [2.45, 2.75) is 20.0 Å². The molecule has 0 atom stereocenters. The minimum atomic E-state index is -4.84. The predicted octanol–water partition coefficient (Wildman–Crippen LogP) is 3.96. The summed E-state index contributed by atoms with van der Waals surface area (Å²) in [5.41, 5.74) is -0.0158. The number of benzene rings is 1. The van der Waals surface area contributed by atoms with Gasteiger partial charge in [-0.05, 0) is 26.0 Å². The topological polar surface area (TPSA) is 50.7 Å². The maximum absolute atomic E-state index is 13.8. The van der Waals surface area contributed by atoms with Crippen molar-refractivity contribution < 1.29 is 27.1 Å². The number of ether oxygens (including phenoxy) is 1. The number of hydrazone groups is 1. The van der Waals surface area contributed by atoms with E-state index in [1.54, 1.807) is 6.92 Å². The van der Waals surface area contributed by atoms with E-state index in [1.165, 1.54) is 6.92 Å². The van der Waals surface area contributed by atoms with Gasteiger partial charge in [0.05, 0.1) is 17.9 Å². The first kappa shape index (κ1) is 17.4. The van der Waals surface area contributed by atoms with Crippen molar-refractivity contribution in [3.8, 4) is 0 Å². The Labute approximate surface area is 126 Å². The number of rotatable bonds is 4. The van der Waals surface area contributed by atoms with Crippen LogP contribution in [0.3, 0.4) is 0 Å². The molecule has 0 spiro atoms. The molecule has 0 aliphatic carbocycles. The zero-order valence-electron chi connectivity index (χ0n) is 11.0. The van der Waals surface area contributed by atoms with Gasteiger partial charge < -0.3 is 4.74 Å². The molecule has 1 aromatic rings. The Hall–Kier alpha value is -1.64. The summed E-state index contributed by atoms with van der Waals surface area (Å²) in [5, 5.41) is 3.50. The van der Waals surface area contributed by atoms with Crippen molar-refractivity contribution in [1.29, 1.82) is 0 Å². The molecular weight excluding hydrogens is 360 g/mol. The average molecular weight is 371 g/mol. The van der Waals surface area contributed by atoms with Crippen molar-refractivity contribution in [2.24, 2.45) is 5.10 Å². The largest absolute Gasteiger partial charge is 0.461 e. The fraction of sp³-hybridized carbons (Fsp3) is 0.333. The molecule has 1 rings (SSSR count). The molecule has 0 saturated carbocycles. The lowest BCUT2D eigenvalue weighted by Crippen LogP contribution is -2.16. The molecule has 4 nitrogen and oxygen atoms in total. The summed E-state index contributed by atoms with van der Waals surface area (Å²) in [6, 6.07) is 1.69. The molecule has 0 unspecified atom stereocenters. The Kier molecular flexibility index (Phi) is 5.70. The Morgan fingerprint density at radius 2 is 2.05 bits per heavy atom. The fourth-order valence-corrected chi connectivity index (χ4v) is 1.76. The molecule has 1 N–H and O–H groups in total. The van der Waals surface area contributed by atoms with Gasteiger partial charge in [0, 0.05) is 4.47 Å². The summed E-state index contributed by atoms with van der Waals surface area (Å²) >= 11 is 2.85. The molecule has 9 heteroatoms. The van der Waals surface area contributed by atoms with Crippen LogP contribution in [0, 0.1) is 5.82 Å². The van der Waals surface area contributed by atoms with Gasteiger partial charge in [-0.15, -0.1) is 0 Å². The van der Waals surface area contributed by atoms with Gasteiger partial charge >= 0.3 is 12.1 Å². The zero-order valence-corrected chi connectivity index (χ0v) is 12.6. The Morgan fingerprint density at radius 1 is 1.43 bits per heavy atom. The van der Waals surface area contributed by atoms with Crippen LogP contribution in [-0.2, 0) is 15.7 Å². The highest BCUT2D eigenvalue weighted by molar-refractivity contribution is 9.10. The van der Waals surface area contributed by atoms with Gasteiger partial charge in [0.1, 0.15) is 5.71 Å². The lowest BCUT2D eigenvalue weighted by atomic mass is 10.2. The molecule has 21 heavy (non-hydrogen) atoms. The third kappa shape index (κ3) is 4.69. The standard InChI is InChI=1S/C12H11BrF4N2O2/c1-3-21-11(20)6(2)18-19-9-5-7(13)4-8(10(9)14)12(15,16)17/h4-5,19H,3H2,1-2H3. The number of hydrogen-bond donors (Lipinski definition) is 1. The summed E-state index contributed by atoms with van der Waals surface area (Å²) < 4.78 is 56.3. The molecule has 0 amide bonds. The fourth-order valence-electron chi connectivity index (χ4n) is 1.30. The molecule has 0 aromatic heterocycles. The van der Waals surface area contributed by atoms with E-state index >= 15 is 0 Å². The molecule has 1 aromatic carbocycles. The lowest BCUT2D eigenvalue weighted by molar-refractivity contribution is -0.140. The minimum Gasteiger partial charge on any atom is -0.461 e. The molecule has 116 valence electrons. The Morgan fingerprint density at radius 3 is 2.57 bits per heavy atom. The molecule has 0 aliphatic rings. The molecule has 0 fully saturated rings. The van der Waals surface area contributed by atoms with Crippen molar-refractivity contribution >= 4 is 33.3 Å². The van der Waals surface area contributed by atoms with Crippen molar-refractivity contribution in [2.75, 3.05) is 12.0 Å². The highest BCUT2D eigenvalue weighted by atomic mass is 79.9. The van der Waals surface area contributed by atoms with Gasteiger partial charge in [-0.25, -0.2) is 9.18 Å². The maximum Gasteiger partial charge on any atom is 0.419 e. The Bertz CT molecular complexity index is 573. The summed E-state index contributed by atoms with van der Waals surface area (Å²) in [5.74, 6) is -2.26. The van der Waals surface area contributed by atoms with E-state index in [-0.39, 0.29) is 16.8 Å². The number of carbonyl (C=O) groups excluding carboxylic acids is 1. The number of halogens is 5. The van der Waals surface area contributed by atoms with Gasteiger partial charge in [-0.1, -0.05) is 15.9 Å². The molecule has 0 saturated heterocycles. The highest BCUT2D eigenvalue weighted by Crippen LogP contribution is 2.36. The van der Waals surface area contributed by atoms with Gasteiger partial charge in [0.25, 0.3) is 0 Å². The number of carbonyl (C=O) groups is 1. The number of esters is 1. The summed E-state index contributed by atoms with van der Waals surface area (Å²) in [4.78, 5) is 11.3. The van der Waals surface area contributed by atoms with Crippen LogP contribution in [0.2, 0.25) is 0 Å². The van der Waals surface area contributed by atoms with Crippen LogP contribution in [-0.4, -0.2) is 18.3 Å². The zero-order chi connectivity index (χ0) is 16.2. The van der Waals surface area contributed by atoms with Crippen molar-refractivity contribution in [1.82, 2.24) is 0 Å². The predicted molar refractivity (Wildman–Crippen MR) is 72.5 cm³/mol. The molecule has 0 aliphatic heterocycles. The normalized spacial score (nSPS) is 12.2. The highest BCUT2D eigenvalue weighted by Gasteiger charge is 2.35. The second kappa shape index (κ2) is 6.88. The van der Waals surface area contributed by atoms with Crippen LogP contribution in [0.5, 0.6) is 0 Å². The number of nitrogens with zero attached hydrogens (tertiary/aromatic N) is 1. The third-order valence-corrected chi connectivity index (χ3v) is 2.72. The molecule has 0 heterocycles. The number of alkyl halides is 3.